The Morgan fingerprint density at radius 1 is 1.00 bits per heavy atom. The predicted molar refractivity (Wildman–Crippen MR) is 73.1 cm³/mol. The molecule has 2 rings (SSSR count). The molecule has 0 radical (unpaired) electrons. The first-order valence-electron chi connectivity index (χ1n) is 3.06. The first-order chi connectivity index (χ1) is 4.86. The standard InChI is InChI=1S/C7H7N3.4ClH.H2O/c8-7-9-5-3-1-2-4-6(5)10-7;;;;;/h1-4H,(H3,8,9,10);4*1H;1H2. The van der Waals surface area contributed by atoms with Gasteiger partial charge in [-0.05, 0) is 12.1 Å². The zero-order valence-corrected chi connectivity index (χ0v) is 10.7. The van der Waals surface area contributed by atoms with Gasteiger partial charge in [-0.15, -0.1) is 49.6 Å². The van der Waals surface area contributed by atoms with Crippen LogP contribution in [0.1, 0.15) is 0 Å². The average Bonchev–Trinajstić information content (AvgIpc) is 2.27. The number of benzene rings is 1. The van der Waals surface area contributed by atoms with Crippen LogP contribution in [0, 0.1) is 0 Å². The van der Waals surface area contributed by atoms with Crippen LogP contribution in [0.3, 0.4) is 0 Å². The summed E-state index contributed by atoms with van der Waals surface area (Å²) in [6.45, 7) is 0. The number of para-hydroxylation sites is 2. The van der Waals surface area contributed by atoms with Gasteiger partial charge in [-0.2, -0.15) is 0 Å². The number of nitrogens with one attached hydrogen (secondary N) is 1. The van der Waals surface area contributed by atoms with Crippen molar-refractivity contribution in [3.05, 3.63) is 24.3 Å². The molecule has 15 heavy (non-hydrogen) atoms. The van der Waals surface area contributed by atoms with E-state index < -0.39 is 0 Å². The van der Waals surface area contributed by atoms with Crippen molar-refractivity contribution in [2.45, 2.75) is 0 Å². The van der Waals surface area contributed by atoms with Crippen LogP contribution < -0.4 is 5.73 Å². The molecule has 0 unspecified atom stereocenters. The van der Waals surface area contributed by atoms with Gasteiger partial charge in [-0.25, -0.2) is 4.98 Å². The van der Waals surface area contributed by atoms with Crippen molar-refractivity contribution >= 4 is 66.6 Å². The van der Waals surface area contributed by atoms with E-state index in [1.165, 1.54) is 0 Å². The minimum Gasteiger partial charge on any atom is -0.412 e. The lowest BCUT2D eigenvalue weighted by Gasteiger charge is -1.81. The van der Waals surface area contributed by atoms with Gasteiger partial charge in [0, 0.05) is 0 Å². The largest absolute Gasteiger partial charge is 0.412 e. The predicted octanol–water partition coefficient (Wildman–Crippen LogP) is 2.01. The monoisotopic (exact) mass is 295 g/mol. The number of H-pyrrole nitrogens is 1. The van der Waals surface area contributed by atoms with Crippen molar-refractivity contribution in [3.63, 3.8) is 0 Å². The Labute approximate surface area is 112 Å². The van der Waals surface area contributed by atoms with E-state index in [4.69, 9.17) is 5.73 Å². The molecule has 8 heteroatoms. The van der Waals surface area contributed by atoms with Gasteiger partial charge in [0.15, 0.2) is 5.95 Å². The fraction of sp³-hybridized carbons (Fsp3) is 0. The van der Waals surface area contributed by atoms with Crippen LogP contribution >= 0.6 is 49.6 Å². The first kappa shape index (κ1) is 24.0. The van der Waals surface area contributed by atoms with E-state index in [-0.39, 0.29) is 55.1 Å². The number of aromatic amines is 1. The normalized spacial score (nSPS) is 6.93. The number of hydrogen-bond acceptors (Lipinski definition) is 2. The van der Waals surface area contributed by atoms with Crippen LogP contribution in [0.2, 0.25) is 0 Å². The molecule has 0 fully saturated rings. The molecule has 0 spiro atoms. The highest BCUT2D eigenvalue weighted by molar-refractivity contribution is 5.86. The van der Waals surface area contributed by atoms with Crippen molar-refractivity contribution < 1.29 is 5.48 Å². The zero-order chi connectivity index (χ0) is 6.97. The number of nitrogens with two attached hydrogens (primary N) is 1. The SMILES string of the molecule is Cl.Cl.Cl.Cl.Nc1nc2ccccc2[nH]1.O. The molecule has 0 saturated carbocycles. The highest BCUT2D eigenvalue weighted by Gasteiger charge is 1.94. The number of halogens is 4. The number of nitrogen functional groups attached to an aromatic ring is 1. The quantitative estimate of drug-likeness (QED) is 0.779. The molecule has 4 nitrogen and oxygen atoms in total. The van der Waals surface area contributed by atoms with Gasteiger partial charge >= 0.3 is 0 Å². The molecule has 0 amide bonds. The fourth-order valence-electron chi connectivity index (χ4n) is 0.973. The van der Waals surface area contributed by atoms with Crippen LogP contribution in [0.25, 0.3) is 11.0 Å². The van der Waals surface area contributed by atoms with E-state index in [1.54, 1.807) is 0 Å². The Balaban J connectivity index is -0.000000121. The van der Waals surface area contributed by atoms with Crippen LogP contribution in [0.15, 0.2) is 24.3 Å². The van der Waals surface area contributed by atoms with E-state index in [0.29, 0.717) is 5.95 Å². The maximum atomic E-state index is 5.42. The molecule has 0 aliphatic carbocycles. The third kappa shape index (κ3) is 5.30. The third-order valence-electron chi connectivity index (χ3n) is 1.41. The molecule has 1 aromatic heterocycles. The molecule has 0 aliphatic rings. The number of hydrogen-bond donors (Lipinski definition) is 2. The number of fused-ring (bicyclic) bond motifs is 1. The maximum absolute atomic E-state index is 5.42. The van der Waals surface area contributed by atoms with E-state index >= 15 is 0 Å². The van der Waals surface area contributed by atoms with Gasteiger partial charge in [0.1, 0.15) is 0 Å². The summed E-state index contributed by atoms with van der Waals surface area (Å²) in [4.78, 5) is 6.96. The van der Waals surface area contributed by atoms with Crippen LogP contribution in [-0.4, -0.2) is 15.4 Å². The summed E-state index contributed by atoms with van der Waals surface area (Å²) < 4.78 is 0. The second-order valence-corrected chi connectivity index (χ2v) is 2.14. The van der Waals surface area contributed by atoms with E-state index in [0.717, 1.165) is 11.0 Å². The van der Waals surface area contributed by atoms with Crippen LogP contribution in [0.4, 0.5) is 5.95 Å². The van der Waals surface area contributed by atoms with Crippen LogP contribution in [-0.2, 0) is 0 Å². The van der Waals surface area contributed by atoms with Crippen molar-refractivity contribution in [2.75, 3.05) is 5.73 Å². The second kappa shape index (κ2) is 10.1. The summed E-state index contributed by atoms with van der Waals surface area (Å²) in [6.07, 6.45) is 0. The highest BCUT2D eigenvalue weighted by Crippen LogP contribution is 2.10. The molecule has 0 aliphatic heterocycles. The van der Waals surface area contributed by atoms with E-state index in [9.17, 15) is 0 Å². The van der Waals surface area contributed by atoms with Gasteiger partial charge < -0.3 is 16.2 Å². The third-order valence-corrected chi connectivity index (χ3v) is 1.41. The molecular weight excluding hydrogens is 284 g/mol. The first-order valence-corrected chi connectivity index (χ1v) is 3.06. The van der Waals surface area contributed by atoms with Crippen molar-refractivity contribution in [2.24, 2.45) is 0 Å². The van der Waals surface area contributed by atoms with Crippen LogP contribution in [0.5, 0.6) is 0 Å². The molecule has 5 N–H and O–H groups in total. The van der Waals surface area contributed by atoms with Gasteiger partial charge in [-0.1, -0.05) is 12.1 Å². The maximum Gasteiger partial charge on any atom is 0.198 e. The minimum absolute atomic E-state index is 0. The van der Waals surface area contributed by atoms with Crippen molar-refractivity contribution in [1.82, 2.24) is 9.97 Å². The molecule has 90 valence electrons. The minimum atomic E-state index is 0. The smallest absolute Gasteiger partial charge is 0.198 e. The summed E-state index contributed by atoms with van der Waals surface area (Å²) in [5, 5.41) is 0. The zero-order valence-electron chi connectivity index (χ0n) is 7.47. The van der Waals surface area contributed by atoms with Gasteiger partial charge in [0.2, 0.25) is 0 Å². The molecule has 1 aromatic carbocycles. The Morgan fingerprint density at radius 2 is 1.53 bits per heavy atom. The van der Waals surface area contributed by atoms with E-state index in [1.807, 2.05) is 24.3 Å². The summed E-state index contributed by atoms with van der Waals surface area (Å²) in [6, 6.07) is 7.74. The molecular formula is C7H13Cl4N3O. The van der Waals surface area contributed by atoms with Gasteiger partial charge in [0.05, 0.1) is 11.0 Å². The average molecular weight is 297 g/mol. The second-order valence-electron chi connectivity index (χ2n) is 2.14. The fourth-order valence-corrected chi connectivity index (χ4v) is 0.973. The topological polar surface area (TPSA) is 86.2 Å². The molecule has 0 saturated heterocycles. The number of imidazole rings is 1. The Kier molecular flexibility index (Phi) is 16.2. The number of rotatable bonds is 0. The summed E-state index contributed by atoms with van der Waals surface area (Å²) in [5.41, 5.74) is 7.33. The lowest BCUT2D eigenvalue weighted by Crippen LogP contribution is -1.84. The molecule has 0 atom stereocenters. The molecule has 2 aromatic rings. The lowest BCUT2D eigenvalue weighted by atomic mass is 10.3. The highest BCUT2D eigenvalue weighted by atomic mass is 35.5. The summed E-state index contributed by atoms with van der Waals surface area (Å²) in [7, 11) is 0. The number of aromatic nitrogens is 2. The van der Waals surface area contributed by atoms with Crippen molar-refractivity contribution in [3.8, 4) is 0 Å². The number of nitrogens with zero attached hydrogens (tertiary/aromatic N) is 1. The van der Waals surface area contributed by atoms with Crippen molar-refractivity contribution in [1.29, 1.82) is 0 Å². The van der Waals surface area contributed by atoms with Gasteiger partial charge in [0.25, 0.3) is 0 Å². The summed E-state index contributed by atoms with van der Waals surface area (Å²) >= 11 is 0. The van der Waals surface area contributed by atoms with E-state index in [2.05, 4.69) is 9.97 Å². The molecule has 0 bridgehead atoms. The lowest BCUT2D eigenvalue weighted by molar-refractivity contribution is 0.824. The Hall–Kier alpha value is -0.390. The Morgan fingerprint density at radius 3 is 2.07 bits per heavy atom. The molecule has 1 heterocycles. The number of anilines is 1. The van der Waals surface area contributed by atoms with Gasteiger partial charge in [-0.3, -0.25) is 0 Å². The summed E-state index contributed by atoms with van der Waals surface area (Å²) in [5.74, 6) is 0.473. The Bertz CT molecular complexity index is 335.